The minimum absolute atomic E-state index is 0.00646. The van der Waals surface area contributed by atoms with Crippen LogP contribution in [0.1, 0.15) is 476 Å². The van der Waals surface area contributed by atoms with Gasteiger partial charge < -0.3 is 20.3 Å². The fourth-order valence-corrected chi connectivity index (χ4v) is 13.6. The van der Waals surface area contributed by atoms with E-state index in [9.17, 15) is 19.8 Å². The number of carbonyl (C=O) groups is 2. The lowest BCUT2D eigenvalue weighted by molar-refractivity contribution is -0.143. The minimum atomic E-state index is -0.845. The van der Waals surface area contributed by atoms with E-state index >= 15 is 0 Å². The van der Waals surface area contributed by atoms with E-state index in [0.29, 0.717) is 19.4 Å². The second-order valence-electron chi connectivity index (χ2n) is 29.9. The van der Waals surface area contributed by atoms with Crippen LogP contribution in [0.3, 0.4) is 0 Å². The SMILES string of the molecule is CCCCC/C=C\C/C=C\CCCCCCCC(=O)OCCCCCCCCCCCCCCCCC/C=C\C/C=C\CCCCCCCCCCCCCCCCCCCC(=O)NC(CO)C(O)/C=C/CCCCCCCCCCCCCCCCCCCCCCCCC. The maximum Gasteiger partial charge on any atom is 0.305 e. The zero-order valence-corrected chi connectivity index (χ0v) is 64.9. The van der Waals surface area contributed by atoms with Gasteiger partial charge in [0.05, 0.1) is 25.4 Å². The second-order valence-corrected chi connectivity index (χ2v) is 29.9. The van der Waals surface area contributed by atoms with Gasteiger partial charge in [-0.3, -0.25) is 9.59 Å². The maximum atomic E-state index is 12.6. The van der Waals surface area contributed by atoms with E-state index in [-0.39, 0.29) is 18.5 Å². The number of unbranched alkanes of at least 4 members (excludes halogenated alkanes) is 63. The van der Waals surface area contributed by atoms with Crippen LogP contribution in [0, 0.1) is 0 Å². The van der Waals surface area contributed by atoms with Crippen LogP contribution < -0.4 is 5.32 Å². The van der Waals surface area contributed by atoms with Gasteiger partial charge in [0.15, 0.2) is 0 Å². The molecule has 0 bridgehead atoms. The third-order valence-corrected chi connectivity index (χ3v) is 20.3. The van der Waals surface area contributed by atoms with E-state index in [2.05, 4.69) is 67.8 Å². The first kappa shape index (κ1) is 93.6. The van der Waals surface area contributed by atoms with E-state index in [4.69, 9.17) is 4.74 Å². The molecule has 1 amide bonds. The van der Waals surface area contributed by atoms with Crippen LogP contribution in [0.2, 0.25) is 0 Å². The van der Waals surface area contributed by atoms with Crippen molar-refractivity contribution >= 4 is 11.9 Å². The van der Waals surface area contributed by atoms with Crippen molar-refractivity contribution in [1.29, 1.82) is 0 Å². The highest BCUT2D eigenvalue weighted by Crippen LogP contribution is 2.20. The molecule has 0 aliphatic carbocycles. The van der Waals surface area contributed by atoms with Gasteiger partial charge in [-0.1, -0.05) is 428 Å². The summed E-state index contributed by atoms with van der Waals surface area (Å²) in [6.07, 6.45) is 115. The molecule has 0 saturated carbocycles. The molecular weight excluding hydrogens is 1170 g/mol. The Hall–Kier alpha value is -2.44. The molecule has 96 heavy (non-hydrogen) atoms. The summed E-state index contributed by atoms with van der Waals surface area (Å²) in [7, 11) is 0. The molecule has 0 aliphatic rings. The molecule has 6 nitrogen and oxygen atoms in total. The van der Waals surface area contributed by atoms with Gasteiger partial charge in [0.1, 0.15) is 0 Å². The number of nitrogens with one attached hydrogen (secondary N) is 1. The van der Waals surface area contributed by atoms with Crippen LogP contribution in [0.4, 0.5) is 0 Å². The fourth-order valence-electron chi connectivity index (χ4n) is 13.6. The van der Waals surface area contributed by atoms with Crippen molar-refractivity contribution in [3.05, 3.63) is 60.8 Å². The lowest BCUT2D eigenvalue weighted by atomic mass is 10.0. The van der Waals surface area contributed by atoms with Crippen LogP contribution in [-0.2, 0) is 14.3 Å². The first-order valence-electron chi connectivity index (χ1n) is 43.6. The van der Waals surface area contributed by atoms with Gasteiger partial charge in [-0.25, -0.2) is 0 Å². The molecule has 0 aromatic carbocycles. The number of allylic oxidation sites excluding steroid dienone is 9. The summed E-state index contributed by atoms with van der Waals surface area (Å²) < 4.78 is 5.49. The Morgan fingerprint density at radius 3 is 0.812 bits per heavy atom. The predicted molar refractivity (Wildman–Crippen MR) is 425 cm³/mol. The van der Waals surface area contributed by atoms with Gasteiger partial charge in [-0.15, -0.1) is 0 Å². The van der Waals surface area contributed by atoms with Gasteiger partial charge in [-0.05, 0) is 96.3 Å². The largest absolute Gasteiger partial charge is 0.466 e. The van der Waals surface area contributed by atoms with Crippen molar-refractivity contribution < 1.29 is 24.5 Å². The monoisotopic (exact) mass is 1340 g/mol. The number of aliphatic hydroxyl groups excluding tert-OH is 2. The molecule has 0 spiro atoms. The summed E-state index contributed by atoms with van der Waals surface area (Å²) in [6, 6.07) is -0.628. The van der Waals surface area contributed by atoms with Gasteiger partial charge >= 0.3 is 5.97 Å². The second kappa shape index (κ2) is 85.0. The zero-order chi connectivity index (χ0) is 69.1. The van der Waals surface area contributed by atoms with Gasteiger partial charge in [0.2, 0.25) is 5.91 Å². The topological polar surface area (TPSA) is 95.9 Å². The first-order valence-corrected chi connectivity index (χ1v) is 43.6. The fraction of sp³-hybridized carbons (Fsp3) is 0.867. The molecule has 2 unspecified atom stereocenters. The third-order valence-electron chi connectivity index (χ3n) is 20.3. The molecule has 0 aliphatic heterocycles. The summed E-state index contributed by atoms with van der Waals surface area (Å²) in [5, 5.41) is 23.3. The van der Waals surface area contributed by atoms with E-state index < -0.39 is 12.1 Å². The molecule has 0 radical (unpaired) electrons. The third kappa shape index (κ3) is 80.5. The summed E-state index contributed by atoms with van der Waals surface area (Å²) in [5.74, 6) is -0.0534. The van der Waals surface area contributed by atoms with Crippen molar-refractivity contribution in [2.75, 3.05) is 13.2 Å². The maximum absolute atomic E-state index is 12.6. The average Bonchev–Trinajstić information content (AvgIpc) is 2.50. The predicted octanol–water partition coefficient (Wildman–Crippen LogP) is 29.3. The van der Waals surface area contributed by atoms with Crippen LogP contribution >= 0.6 is 0 Å². The van der Waals surface area contributed by atoms with Crippen molar-refractivity contribution in [3.8, 4) is 0 Å². The summed E-state index contributed by atoms with van der Waals surface area (Å²) in [6.45, 7) is 4.92. The number of hydrogen-bond acceptors (Lipinski definition) is 5. The van der Waals surface area contributed by atoms with Gasteiger partial charge in [-0.2, -0.15) is 0 Å². The zero-order valence-electron chi connectivity index (χ0n) is 64.9. The Kier molecular flexibility index (Phi) is 82.8. The lowest BCUT2D eigenvalue weighted by Gasteiger charge is -2.20. The van der Waals surface area contributed by atoms with E-state index in [1.165, 1.54) is 392 Å². The molecule has 0 heterocycles. The molecule has 0 rings (SSSR count). The molecule has 3 N–H and O–H groups in total. The standard InChI is InChI=1S/C90H169NO5/c1-3-5-7-9-11-13-15-17-19-20-21-22-23-39-42-45-48-51-55-58-62-66-70-74-78-82-88(93)87(86-92)91-89(94)83-79-75-71-67-63-59-56-52-49-46-43-40-37-35-33-31-29-27-25-24-26-28-30-32-34-36-38-41-44-47-50-53-57-61-65-69-73-77-81-85-96-90(95)84-80-76-72-68-64-60-54-18-16-14-12-10-8-6-4-2/h12,14,18,24-25,28,30,54,78,82,87-88,92-93H,3-11,13,15-17,19-23,26-27,29,31-53,55-77,79-81,83-86H2,1-2H3,(H,91,94)/b14-12-,25-24-,30-28-,54-18-,82-78+. The molecule has 6 heteroatoms. The molecular formula is C90H169NO5. The van der Waals surface area contributed by atoms with Crippen LogP contribution in [-0.4, -0.2) is 47.4 Å². The molecule has 0 saturated heterocycles. The van der Waals surface area contributed by atoms with Crippen molar-refractivity contribution in [3.63, 3.8) is 0 Å². The normalized spacial score (nSPS) is 12.8. The highest BCUT2D eigenvalue weighted by Gasteiger charge is 2.18. The van der Waals surface area contributed by atoms with Crippen molar-refractivity contribution in [2.45, 2.75) is 488 Å². The lowest BCUT2D eigenvalue weighted by Crippen LogP contribution is -2.45. The quantitative estimate of drug-likeness (QED) is 0.0320. The van der Waals surface area contributed by atoms with Crippen molar-refractivity contribution in [1.82, 2.24) is 5.32 Å². The Morgan fingerprint density at radius 2 is 0.521 bits per heavy atom. The first-order chi connectivity index (χ1) is 47.5. The summed E-state index contributed by atoms with van der Waals surface area (Å²) in [4.78, 5) is 24.7. The molecule has 0 fully saturated rings. The minimum Gasteiger partial charge on any atom is -0.466 e. The Labute approximate surface area is 600 Å². The van der Waals surface area contributed by atoms with E-state index in [0.717, 1.165) is 57.8 Å². The molecule has 0 aromatic heterocycles. The number of amides is 1. The number of esters is 1. The van der Waals surface area contributed by atoms with Crippen LogP contribution in [0.25, 0.3) is 0 Å². The smallest absolute Gasteiger partial charge is 0.305 e. The average molecular weight is 1350 g/mol. The number of rotatable bonds is 82. The van der Waals surface area contributed by atoms with Crippen molar-refractivity contribution in [2.24, 2.45) is 0 Å². The molecule has 564 valence electrons. The Balaban J connectivity index is 3.38. The molecule has 2 atom stereocenters. The highest BCUT2D eigenvalue weighted by atomic mass is 16.5. The Morgan fingerprint density at radius 1 is 0.292 bits per heavy atom. The highest BCUT2D eigenvalue weighted by molar-refractivity contribution is 5.76. The number of aliphatic hydroxyl groups is 2. The van der Waals surface area contributed by atoms with Gasteiger partial charge in [0.25, 0.3) is 0 Å². The molecule has 0 aromatic rings. The summed E-state index contributed by atoms with van der Waals surface area (Å²) in [5.41, 5.74) is 0. The van der Waals surface area contributed by atoms with E-state index in [1.54, 1.807) is 6.08 Å². The van der Waals surface area contributed by atoms with Gasteiger partial charge in [0, 0.05) is 12.8 Å². The summed E-state index contributed by atoms with van der Waals surface area (Å²) >= 11 is 0. The van der Waals surface area contributed by atoms with E-state index in [1.807, 2.05) is 6.08 Å². The van der Waals surface area contributed by atoms with Crippen LogP contribution in [0.5, 0.6) is 0 Å². The number of carbonyl (C=O) groups excluding carboxylic acids is 2. The number of ether oxygens (including phenoxy) is 1. The Bertz CT molecular complexity index is 1650. The van der Waals surface area contributed by atoms with Crippen LogP contribution in [0.15, 0.2) is 60.8 Å². The number of hydrogen-bond donors (Lipinski definition) is 3.